The Bertz CT molecular complexity index is 814. The van der Waals surface area contributed by atoms with E-state index in [1.54, 1.807) is 25.2 Å². The highest BCUT2D eigenvalue weighted by atomic mass is 79.9. The van der Waals surface area contributed by atoms with Crippen molar-refractivity contribution in [2.75, 3.05) is 0 Å². The van der Waals surface area contributed by atoms with Gasteiger partial charge in [0.2, 0.25) is 5.91 Å². The molecule has 24 heavy (non-hydrogen) atoms. The van der Waals surface area contributed by atoms with Gasteiger partial charge in [-0.3, -0.25) is 9.69 Å². The SMILES string of the molecule is CC(C)=C(C(=O)O)N1C(=O)[C@H](Br)[C@H]1SSc1nc2ccccc2s1. The highest BCUT2D eigenvalue weighted by Gasteiger charge is 2.50. The number of carbonyl (C=O) groups excluding carboxylic acids is 1. The highest BCUT2D eigenvalue weighted by molar-refractivity contribution is 9.10. The monoisotopic (exact) mass is 444 g/mol. The molecule has 0 bridgehead atoms. The molecule has 0 unspecified atom stereocenters. The number of likely N-dealkylation sites (tertiary alicyclic amines) is 1. The van der Waals surface area contributed by atoms with E-state index >= 15 is 0 Å². The predicted octanol–water partition coefficient (Wildman–Crippen LogP) is 4.35. The van der Waals surface area contributed by atoms with Crippen molar-refractivity contribution in [1.82, 2.24) is 9.88 Å². The van der Waals surface area contributed by atoms with Gasteiger partial charge in [0.05, 0.1) is 10.2 Å². The number of thiazole rings is 1. The molecule has 1 aliphatic heterocycles. The molecule has 0 spiro atoms. The lowest BCUT2D eigenvalue weighted by molar-refractivity contribution is -0.145. The van der Waals surface area contributed by atoms with Gasteiger partial charge >= 0.3 is 5.97 Å². The van der Waals surface area contributed by atoms with Gasteiger partial charge in [-0.15, -0.1) is 11.3 Å². The van der Waals surface area contributed by atoms with Crippen LogP contribution in [0.25, 0.3) is 10.2 Å². The third kappa shape index (κ3) is 3.22. The molecule has 2 aromatic rings. The lowest BCUT2D eigenvalue weighted by Crippen LogP contribution is -2.60. The van der Waals surface area contributed by atoms with Crippen LogP contribution in [0.5, 0.6) is 0 Å². The van der Waals surface area contributed by atoms with Crippen LogP contribution in [0, 0.1) is 0 Å². The van der Waals surface area contributed by atoms with E-state index in [1.165, 1.54) is 26.5 Å². The van der Waals surface area contributed by atoms with Crippen LogP contribution >= 0.6 is 48.9 Å². The summed E-state index contributed by atoms with van der Waals surface area (Å²) in [7, 11) is 2.91. The molecule has 1 N–H and O–H groups in total. The molecule has 5 nitrogen and oxygen atoms in total. The number of fused-ring (bicyclic) bond motifs is 1. The Kier molecular flexibility index (Phi) is 5.24. The van der Waals surface area contributed by atoms with E-state index in [-0.39, 0.29) is 17.0 Å². The second-order valence-corrected chi connectivity index (χ2v) is 9.86. The van der Waals surface area contributed by atoms with E-state index in [9.17, 15) is 14.7 Å². The molecule has 9 heteroatoms. The number of allylic oxidation sites excluding steroid dienone is 1. The van der Waals surface area contributed by atoms with Gasteiger partial charge in [-0.05, 0) is 42.3 Å². The number of aliphatic carboxylic acids is 1. The topological polar surface area (TPSA) is 70.5 Å². The quantitative estimate of drug-likeness (QED) is 0.320. The second-order valence-electron chi connectivity index (χ2n) is 5.28. The summed E-state index contributed by atoms with van der Waals surface area (Å²) in [4.78, 5) is 29.1. The zero-order valence-corrected chi connectivity index (χ0v) is 16.8. The van der Waals surface area contributed by atoms with Gasteiger partial charge in [0, 0.05) is 0 Å². The number of carboxylic acids is 1. The number of halogens is 1. The molecule has 0 radical (unpaired) electrons. The predicted molar refractivity (Wildman–Crippen MR) is 102 cm³/mol. The van der Waals surface area contributed by atoms with Gasteiger partial charge < -0.3 is 5.11 Å². The van der Waals surface area contributed by atoms with Crippen LogP contribution in [-0.2, 0) is 9.59 Å². The number of nitrogens with zero attached hydrogens (tertiary/aromatic N) is 2. The van der Waals surface area contributed by atoms with Crippen LogP contribution in [0.3, 0.4) is 0 Å². The van der Waals surface area contributed by atoms with Crippen LogP contribution < -0.4 is 0 Å². The first-order valence-corrected chi connectivity index (χ1v) is 10.9. The number of aromatic nitrogens is 1. The first kappa shape index (κ1) is 17.8. The van der Waals surface area contributed by atoms with E-state index in [2.05, 4.69) is 20.9 Å². The van der Waals surface area contributed by atoms with E-state index < -0.39 is 10.8 Å². The number of β-lactam (4-membered cyclic amide) rings is 1. The summed E-state index contributed by atoms with van der Waals surface area (Å²) in [6.45, 7) is 3.39. The van der Waals surface area contributed by atoms with Crippen molar-refractivity contribution in [2.45, 2.75) is 28.4 Å². The number of rotatable bonds is 5. The van der Waals surface area contributed by atoms with Crippen LogP contribution in [-0.4, -0.2) is 37.1 Å². The molecule has 1 aliphatic rings. The number of carboxylic acid groups (broad SMARTS) is 1. The largest absolute Gasteiger partial charge is 0.477 e. The van der Waals surface area contributed by atoms with Gasteiger partial charge in [-0.25, -0.2) is 9.78 Å². The summed E-state index contributed by atoms with van der Waals surface area (Å²) in [6, 6.07) is 7.88. The molecular formula is C15H13BrN2O3S3. The summed E-state index contributed by atoms with van der Waals surface area (Å²) in [5.41, 5.74) is 1.60. The zero-order chi connectivity index (χ0) is 17.4. The van der Waals surface area contributed by atoms with Crippen molar-refractivity contribution >= 4 is 70.9 Å². The first-order valence-electron chi connectivity index (χ1n) is 6.97. The summed E-state index contributed by atoms with van der Waals surface area (Å²) < 4.78 is 1.99. The number of carbonyl (C=O) groups is 2. The maximum absolute atomic E-state index is 12.1. The Balaban J connectivity index is 1.77. The Morgan fingerprint density at radius 3 is 2.71 bits per heavy atom. The minimum atomic E-state index is -1.08. The third-order valence-electron chi connectivity index (χ3n) is 3.39. The van der Waals surface area contributed by atoms with Crippen LogP contribution in [0.4, 0.5) is 0 Å². The van der Waals surface area contributed by atoms with Crippen LogP contribution in [0.1, 0.15) is 13.8 Å². The van der Waals surface area contributed by atoms with E-state index in [0.29, 0.717) is 5.57 Å². The summed E-state index contributed by atoms with van der Waals surface area (Å²) in [5.74, 6) is -1.31. The van der Waals surface area contributed by atoms with Crippen LogP contribution in [0.15, 0.2) is 39.9 Å². The summed E-state index contributed by atoms with van der Waals surface area (Å²) >= 11 is 4.93. The van der Waals surface area contributed by atoms with Gasteiger partial charge in [-0.1, -0.05) is 38.9 Å². The number of benzene rings is 1. The molecule has 1 saturated heterocycles. The highest BCUT2D eigenvalue weighted by Crippen LogP contribution is 2.47. The van der Waals surface area contributed by atoms with Crippen molar-refractivity contribution in [3.63, 3.8) is 0 Å². The van der Waals surface area contributed by atoms with E-state index in [0.717, 1.165) is 14.6 Å². The minimum Gasteiger partial charge on any atom is -0.477 e. The smallest absolute Gasteiger partial charge is 0.352 e. The minimum absolute atomic E-state index is 0.0538. The molecule has 3 rings (SSSR count). The molecule has 1 fully saturated rings. The second kappa shape index (κ2) is 7.07. The Hall–Kier alpha value is -1.03. The number of para-hydroxylation sites is 1. The number of hydrogen-bond donors (Lipinski definition) is 1. The molecule has 0 aliphatic carbocycles. The molecule has 126 valence electrons. The van der Waals surface area contributed by atoms with Crippen LogP contribution in [0.2, 0.25) is 0 Å². The van der Waals surface area contributed by atoms with Gasteiger partial charge in [0.15, 0.2) is 4.34 Å². The molecular weight excluding hydrogens is 432 g/mol. The van der Waals surface area contributed by atoms with Crippen molar-refractivity contribution in [3.05, 3.63) is 35.5 Å². The number of alkyl halides is 1. The normalized spacial score (nSPS) is 20.1. The summed E-state index contributed by atoms with van der Waals surface area (Å²) in [5, 5.41) is 9.11. The lowest BCUT2D eigenvalue weighted by Gasteiger charge is -2.43. The third-order valence-corrected chi connectivity index (χ3v) is 8.64. The molecule has 1 aromatic heterocycles. The zero-order valence-electron chi connectivity index (χ0n) is 12.7. The van der Waals surface area contributed by atoms with Crippen molar-refractivity contribution in [3.8, 4) is 0 Å². The lowest BCUT2D eigenvalue weighted by atomic mass is 10.1. The van der Waals surface area contributed by atoms with Gasteiger partial charge in [0.25, 0.3) is 0 Å². The Morgan fingerprint density at radius 2 is 2.08 bits per heavy atom. The van der Waals surface area contributed by atoms with Gasteiger partial charge in [0.1, 0.15) is 15.9 Å². The number of hydrogen-bond acceptors (Lipinski definition) is 6. The fourth-order valence-corrected chi connectivity index (χ4v) is 7.34. The van der Waals surface area contributed by atoms with Crippen molar-refractivity contribution in [1.29, 1.82) is 0 Å². The summed E-state index contributed by atoms with van der Waals surface area (Å²) in [6.07, 6.45) is 0. The molecule has 2 heterocycles. The van der Waals surface area contributed by atoms with Crippen molar-refractivity contribution in [2.24, 2.45) is 0 Å². The molecule has 1 amide bonds. The molecule has 2 atom stereocenters. The Morgan fingerprint density at radius 1 is 1.38 bits per heavy atom. The maximum Gasteiger partial charge on any atom is 0.352 e. The fraction of sp³-hybridized carbons (Fsp3) is 0.267. The average molecular weight is 445 g/mol. The van der Waals surface area contributed by atoms with E-state index in [1.807, 2.05) is 24.3 Å². The van der Waals surface area contributed by atoms with Gasteiger partial charge in [-0.2, -0.15) is 0 Å². The first-order chi connectivity index (χ1) is 11.4. The Labute approximate surface area is 159 Å². The molecule has 0 saturated carbocycles. The molecule has 1 aromatic carbocycles. The number of amides is 1. The maximum atomic E-state index is 12.1. The van der Waals surface area contributed by atoms with E-state index in [4.69, 9.17) is 0 Å². The fourth-order valence-electron chi connectivity index (χ4n) is 2.29. The van der Waals surface area contributed by atoms with Crippen molar-refractivity contribution < 1.29 is 14.7 Å². The standard InChI is InChI=1S/C15H13BrN2O3S3/c1-7(2)11(14(20)21)18-12(19)10(16)13(18)23-24-15-17-8-5-3-4-6-9(8)22-15/h3-6,10,13H,1-2H3,(H,20,21)/t10-,13+/m0/s1. The average Bonchev–Trinajstić information content (AvgIpc) is 2.95.